The van der Waals surface area contributed by atoms with Crippen LogP contribution in [0.1, 0.15) is 26.7 Å². The van der Waals surface area contributed by atoms with E-state index in [0.717, 1.165) is 17.1 Å². The molecule has 2 rings (SSSR count). The van der Waals surface area contributed by atoms with Gasteiger partial charge in [-0.2, -0.15) is 0 Å². The summed E-state index contributed by atoms with van der Waals surface area (Å²) < 4.78 is 31.0. The van der Waals surface area contributed by atoms with Crippen molar-refractivity contribution in [2.45, 2.75) is 42.8 Å². The molecule has 0 aliphatic carbocycles. The molecule has 1 amide bonds. The smallest absolute Gasteiger partial charge is 0.257 e. The third-order valence-electron chi connectivity index (χ3n) is 3.57. The van der Waals surface area contributed by atoms with Crippen LogP contribution >= 0.6 is 11.8 Å². The van der Waals surface area contributed by atoms with Gasteiger partial charge in [0.05, 0.1) is 10.6 Å². The first-order valence-electron chi connectivity index (χ1n) is 7.99. The molecule has 25 heavy (non-hydrogen) atoms. The van der Waals surface area contributed by atoms with Crippen LogP contribution in [0.5, 0.6) is 0 Å². The Morgan fingerprint density at radius 2 is 2.12 bits per heavy atom. The zero-order chi connectivity index (χ0) is 18.6. The van der Waals surface area contributed by atoms with E-state index in [9.17, 15) is 13.2 Å². The zero-order valence-corrected chi connectivity index (χ0v) is 16.4. The van der Waals surface area contributed by atoms with Crippen LogP contribution in [-0.4, -0.2) is 49.5 Å². The van der Waals surface area contributed by atoms with Gasteiger partial charge < -0.3 is 9.73 Å². The number of carbonyl (C=O) groups is 1. The van der Waals surface area contributed by atoms with Crippen molar-refractivity contribution in [3.63, 3.8) is 0 Å². The number of hydrogen-bond acceptors (Lipinski definition) is 6. The molecule has 9 heteroatoms. The van der Waals surface area contributed by atoms with E-state index in [1.807, 2.05) is 6.92 Å². The maximum atomic E-state index is 12.2. The van der Waals surface area contributed by atoms with E-state index >= 15 is 0 Å². The van der Waals surface area contributed by atoms with Gasteiger partial charge in [0.15, 0.2) is 5.58 Å². The van der Waals surface area contributed by atoms with Crippen LogP contribution in [0.25, 0.3) is 11.1 Å². The van der Waals surface area contributed by atoms with Crippen LogP contribution in [0.2, 0.25) is 0 Å². The number of sulfonamides is 1. The fraction of sp³-hybridized carbons (Fsp3) is 0.500. The van der Waals surface area contributed by atoms with Gasteiger partial charge in [-0.25, -0.2) is 17.7 Å². The molecule has 0 spiro atoms. The number of amides is 1. The Kier molecular flexibility index (Phi) is 6.47. The summed E-state index contributed by atoms with van der Waals surface area (Å²) in [4.78, 5) is 16.3. The number of hydrogen-bond donors (Lipinski definition) is 1. The van der Waals surface area contributed by atoms with Crippen LogP contribution < -0.4 is 5.32 Å². The second-order valence-corrected chi connectivity index (χ2v) is 9.02. The molecule has 0 bridgehead atoms. The van der Waals surface area contributed by atoms with Crippen molar-refractivity contribution in [1.29, 1.82) is 0 Å². The summed E-state index contributed by atoms with van der Waals surface area (Å²) in [6.07, 6.45) is 1.94. The van der Waals surface area contributed by atoms with E-state index in [-0.39, 0.29) is 22.6 Å². The molecule has 0 fully saturated rings. The first-order chi connectivity index (χ1) is 11.7. The van der Waals surface area contributed by atoms with Crippen molar-refractivity contribution < 1.29 is 17.6 Å². The van der Waals surface area contributed by atoms with E-state index < -0.39 is 10.0 Å². The number of fused-ring (bicyclic) bond motifs is 1. The van der Waals surface area contributed by atoms with Crippen molar-refractivity contribution in [1.82, 2.24) is 14.6 Å². The van der Waals surface area contributed by atoms with Gasteiger partial charge in [-0.05, 0) is 31.5 Å². The van der Waals surface area contributed by atoms with Crippen molar-refractivity contribution in [2.24, 2.45) is 0 Å². The third-order valence-corrected chi connectivity index (χ3v) is 6.21. The standard InChI is InChI=1S/C16H23N3O4S2/c1-5-6-11(2)17-15(20)10-24-16-18-13-9-12(7-8-14(13)23-16)25(21,22)19(3)4/h7-9,11H,5-6,10H2,1-4H3,(H,17,20)/t11-/m0/s1. The van der Waals surface area contributed by atoms with Crippen LogP contribution in [0, 0.1) is 0 Å². The number of benzene rings is 1. The fourth-order valence-electron chi connectivity index (χ4n) is 2.27. The number of oxazole rings is 1. The molecule has 1 N–H and O–H groups in total. The average Bonchev–Trinajstić information content (AvgIpc) is 2.94. The summed E-state index contributed by atoms with van der Waals surface area (Å²) in [5, 5.41) is 3.25. The Hall–Kier alpha value is -1.58. The molecule has 0 radical (unpaired) electrons. The highest BCUT2D eigenvalue weighted by Gasteiger charge is 2.19. The lowest BCUT2D eigenvalue weighted by molar-refractivity contribution is -0.119. The molecule has 1 heterocycles. The van der Waals surface area contributed by atoms with Gasteiger partial charge in [0.1, 0.15) is 5.52 Å². The lowest BCUT2D eigenvalue weighted by atomic mass is 10.2. The van der Waals surface area contributed by atoms with Gasteiger partial charge in [0.25, 0.3) is 5.22 Å². The van der Waals surface area contributed by atoms with Crippen LogP contribution in [0.4, 0.5) is 0 Å². The number of rotatable bonds is 8. The fourth-order valence-corrected chi connectivity index (χ4v) is 3.84. The second kappa shape index (κ2) is 8.20. The highest BCUT2D eigenvalue weighted by molar-refractivity contribution is 7.99. The summed E-state index contributed by atoms with van der Waals surface area (Å²) in [6.45, 7) is 4.04. The molecule has 2 aromatic rings. The summed E-state index contributed by atoms with van der Waals surface area (Å²) in [6, 6.07) is 4.67. The van der Waals surface area contributed by atoms with Gasteiger partial charge in [-0.3, -0.25) is 4.79 Å². The second-order valence-electron chi connectivity index (χ2n) is 5.94. The van der Waals surface area contributed by atoms with Crippen molar-refractivity contribution in [3.05, 3.63) is 18.2 Å². The Morgan fingerprint density at radius 3 is 2.76 bits per heavy atom. The lowest BCUT2D eigenvalue weighted by Gasteiger charge is -2.11. The van der Waals surface area contributed by atoms with E-state index in [1.54, 1.807) is 6.07 Å². The van der Waals surface area contributed by atoms with Gasteiger partial charge in [-0.15, -0.1) is 0 Å². The predicted octanol–water partition coefficient (Wildman–Crippen LogP) is 2.48. The number of nitrogens with zero attached hydrogens (tertiary/aromatic N) is 2. The highest BCUT2D eigenvalue weighted by Crippen LogP contribution is 2.26. The molecular weight excluding hydrogens is 362 g/mol. The Bertz CT molecular complexity index is 846. The summed E-state index contributed by atoms with van der Waals surface area (Å²) in [5.41, 5.74) is 0.935. The molecule has 138 valence electrons. The van der Waals surface area contributed by atoms with E-state index in [4.69, 9.17) is 4.42 Å². The molecule has 0 saturated carbocycles. The Morgan fingerprint density at radius 1 is 1.40 bits per heavy atom. The minimum Gasteiger partial charge on any atom is -0.431 e. The van der Waals surface area contributed by atoms with Crippen LogP contribution in [-0.2, 0) is 14.8 Å². The minimum absolute atomic E-state index is 0.0796. The first-order valence-corrected chi connectivity index (χ1v) is 10.4. The molecule has 0 saturated heterocycles. The average molecular weight is 386 g/mol. The molecule has 0 aliphatic rings. The van der Waals surface area contributed by atoms with Crippen molar-refractivity contribution in [3.8, 4) is 0 Å². The molecule has 0 aliphatic heterocycles. The van der Waals surface area contributed by atoms with Gasteiger partial charge >= 0.3 is 0 Å². The minimum atomic E-state index is -3.52. The normalized spacial score (nSPS) is 13.3. The van der Waals surface area contributed by atoms with Crippen molar-refractivity contribution in [2.75, 3.05) is 19.8 Å². The Labute approximate surface area is 152 Å². The Balaban J connectivity index is 2.08. The number of carbonyl (C=O) groups excluding carboxylic acids is 1. The zero-order valence-electron chi connectivity index (χ0n) is 14.8. The van der Waals surface area contributed by atoms with Gasteiger partial charge in [0.2, 0.25) is 15.9 Å². The molecule has 0 unspecified atom stereocenters. The van der Waals surface area contributed by atoms with Crippen LogP contribution in [0.15, 0.2) is 32.7 Å². The molecule has 1 aromatic carbocycles. The molecule has 1 atom stereocenters. The van der Waals surface area contributed by atoms with Crippen molar-refractivity contribution >= 4 is 38.8 Å². The number of aromatic nitrogens is 1. The third kappa shape index (κ3) is 4.96. The SMILES string of the molecule is CCC[C@H](C)NC(=O)CSc1nc2cc(S(=O)(=O)N(C)C)ccc2o1. The summed E-state index contributed by atoms with van der Waals surface area (Å²) in [5.74, 6) is 0.119. The van der Waals surface area contributed by atoms with Gasteiger partial charge in [-0.1, -0.05) is 25.1 Å². The predicted molar refractivity (Wildman–Crippen MR) is 98.1 cm³/mol. The maximum absolute atomic E-state index is 12.2. The molecule has 1 aromatic heterocycles. The quantitative estimate of drug-likeness (QED) is 0.702. The van der Waals surface area contributed by atoms with Crippen LogP contribution in [0.3, 0.4) is 0 Å². The lowest BCUT2D eigenvalue weighted by Crippen LogP contribution is -2.33. The first kappa shape index (κ1) is 19.7. The van der Waals surface area contributed by atoms with E-state index in [1.165, 1.54) is 38.0 Å². The number of thioether (sulfide) groups is 1. The summed E-state index contributed by atoms with van der Waals surface area (Å²) >= 11 is 1.18. The molecular formula is C16H23N3O4S2. The molecule has 7 nitrogen and oxygen atoms in total. The van der Waals surface area contributed by atoms with Gasteiger partial charge in [0, 0.05) is 20.1 Å². The number of nitrogens with one attached hydrogen (secondary N) is 1. The monoisotopic (exact) mass is 385 g/mol. The summed E-state index contributed by atoms with van der Waals surface area (Å²) in [7, 11) is -0.575. The van der Waals surface area contributed by atoms with E-state index in [2.05, 4.69) is 17.2 Å². The van der Waals surface area contributed by atoms with E-state index in [0.29, 0.717) is 16.3 Å². The maximum Gasteiger partial charge on any atom is 0.257 e. The highest BCUT2D eigenvalue weighted by atomic mass is 32.2. The topological polar surface area (TPSA) is 92.5 Å². The largest absolute Gasteiger partial charge is 0.431 e.